The third-order valence-corrected chi connectivity index (χ3v) is 6.76. The fourth-order valence-corrected chi connectivity index (χ4v) is 5.19. The number of hydrogen-bond donors (Lipinski definition) is 2. The smallest absolute Gasteiger partial charge is 0.416 e. The van der Waals surface area contributed by atoms with Crippen molar-refractivity contribution in [3.8, 4) is 5.75 Å². The highest BCUT2D eigenvalue weighted by molar-refractivity contribution is 5.97. The summed E-state index contributed by atoms with van der Waals surface area (Å²) >= 11 is 0. The molecule has 0 spiro atoms. The van der Waals surface area contributed by atoms with Gasteiger partial charge in [0.1, 0.15) is 5.75 Å². The molecule has 2 amide bonds. The van der Waals surface area contributed by atoms with E-state index in [0.29, 0.717) is 17.4 Å². The van der Waals surface area contributed by atoms with Crippen molar-refractivity contribution in [2.45, 2.75) is 44.8 Å². The molecule has 8 heteroatoms. The van der Waals surface area contributed by atoms with E-state index in [0.717, 1.165) is 24.5 Å². The predicted octanol–water partition coefficient (Wildman–Crippen LogP) is 5.28. The molecule has 0 saturated heterocycles. The molecule has 0 unspecified atom stereocenters. The number of hydrogen-bond acceptors (Lipinski definition) is 3. The number of anilines is 1. The van der Waals surface area contributed by atoms with Crippen molar-refractivity contribution in [3.63, 3.8) is 0 Å². The van der Waals surface area contributed by atoms with Crippen LogP contribution in [0.25, 0.3) is 0 Å². The van der Waals surface area contributed by atoms with Crippen LogP contribution in [-0.4, -0.2) is 24.5 Å². The van der Waals surface area contributed by atoms with Crippen molar-refractivity contribution in [1.29, 1.82) is 0 Å². The normalized spacial score (nSPS) is 22.6. The van der Waals surface area contributed by atoms with Gasteiger partial charge in [0.05, 0.1) is 11.1 Å². The standard InChI is InChI=1S/C25H27F3N2O3/c1-15(21-12-16-9-10-17(21)11-16)29-24(32)20-7-2-3-8-22(20)33-14-23(31)30-19-6-4-5-18(13-19)25(26,27)28/h2-8,13,15-17,21H,9-12,14H2,1H3,(H,29,32)(H,30,31)/t15-,16-,17-,21-/m1/s1. The fraction of sp³-hybridized carbons (Fsp3) is 0.440. The molecular weight excluding hydrogens is 433 g/mol. The van der Waals surface area contributed by atoms with Crippen LogP contribution in [0.3, 0.4) is 0 Å². The SMILES string of the molecule is C[C@@H](NC(=O)c1ccccc1OCC(=O)Nc1cccc(C(F)(F)F)c1)[C@H]1C[C@@H]2CC[C@@H]1C2. The Bertz CT molecular complexity index is 1020. The summed E-state index contributed by atoms with van der Waals surface area (Å²) in [5, 5.41) is 5.48. The molecule has 4 atom stereocenters. The molecule has 2 N–H and O–H groups in total. The Morgan fingerprint density at radius 2 is 1.88 bits per heavy atom. The van der Waals surface area contributed by atoms with Gasteiger partial charge in [-0.3, -0.25) is 9.59 Å². The molecule has 5 nitrogen and oxygen atoms in total. The summed E-state index contributed by atoms with van der Waals surface area (Å²) in [7, 11) is 0. The van der Waals surface area contributed by atoms with Gasteiger partial charge in [-0.1, -0.05) is 24.6 Å². The maximum atomic E-state index is 12.9. The minimum absolute atomic E-state index is 0.0177. The summed E-state index contributed by atoms with van der Waals surface area (Å²) in [4.78, 5) is 25.1. The van der Waals surface area contributed by atoms with Crippen molar-refractivity contribution in [3.05, 3.63) is 59.7 Å². The molecule has 2 saturated carbocycles. The molecule has 0 radical (unpaired) electrons. The van der Waals surface area contributed by atoms with Gasteiger partial charge < -0.3 is 15.4 Å². The largest absolute Gasteiger partial charge is 0.483 e. The van der Waals surface area contributed by atoms with E-state index in [9.17, 15) is 22.8 Å². The van der Waals surface area contributed by atoms with Crippen LogP contribution in [0.1, 0.15) is 48.5 Å². The van der Waals surface area contributed by atoms with Crippen LogP contribution in [0.15, 0.2) is 48.5 Å². The van der Waals surface area contributed by atoms with Crippen molar-refractivity contribution < 1.29 is 27.5 Å². The number of fused-ring (bicyclic) bond motifs is 2. The lowest BCUT2D eigenvalue weighted by Gasteiger charge is -2.28. The Balaban J connectivity index is 1.34. The Kier molecular flexibility index (Phi) is 6.63. The molecule has 4 rings (SSSR count). The predicted molar refractivity (Wildman–Crippen MR) is 118 cm³/mol. The van der Waals surface area contributed by atoms with Gasteiger partial charge in [-0.05, 0) is 74.3 Å². The van der Waals surface area contributed by atoms with Crippen LogP contribution in [0.4, 0.5) is 18.9 Å². The summed E-state index contributed by atoms with van der Waals surface area (Å²) in [5.41, 5.74) is -0.517. The second-order valence-corrected chi connectivity index (χ2v) is 9.01. The van der Waals surface area contributed by atoms with Crippen LogP contribution in [0, 0.1) is 17.8 Å². The first-order valence-corrected chi connectivity index (χ1v) is 11.2. The molecule has 2 aliphatic rings. The number of carbonyl (C=O) groups is 2. The number of nitrogens with one attached hydrogen (secondary N) is 2. The second-order valence-electron chi connectivity index (χ2n) is 9.01. The van der Waals surface area contributed by atoms with Gasteiger partial charge in [0.2, 0.25) is 0 Å². The Hall–Kier alpha value is -3.03. The lowest BCUT2D eigenvalue weighted by molar-refractivity contribution is -0.137. The summed E-state index contributed by atoms with van der Waals surface area (Å²) in [5.74, 6) is 1.30. The van der Waals surface area contributed by atoms with Crippen LogP contribution >= 0.6 is 0 Å². The first-order chi connectivity index (χ1) is 15.7. The van der Waals surface area contributed by atoms with Crippen LogP contribution < -0.4 is 15.4 Å². The lowest BCUT2D eigenvalue weighted by atomic mass is 9.84. The van der Waals surface area contributed by atoms with E-state index in [2.05, 4.69) is 10.6 Å². The third kappa shape index (κ3) is 5.49. The van der Waals surface area contributed by atoms with Crippen molar-refractivity contribution in [2.24, 2.45) is 17.8 Å². The molecule has 2 aliphatic carbocycles. The van der Waals surface area contributed by atoms with Crippen LogP contribution in [0.5, 0.6) is 5.75 Å². The molecule has 2 fully saturated rings. The van der Waals surface area contributed by atoms with E-state index in [1.807, 2.05) is 6.92 Å². The summed E-state index contributed by atoms with van der Waals surface area (Å²) in [6, 6.07) is 11.0. The molecule has 0 aliphatic heterocycles. The van der Waals surface area contributed by atoms with Crippen molar-refractivity contribution >= 4 is 17.5 Å². The van der Waals surface area contributed by atoms with Gasteiger partial charge in [-0.25, -0.2) is 0 Å². The van der Waals surface area contributed by atoms with E-state index in [-0.39, 0.29) is 23.4 Å². The summed E-state index contributed by atoms with van der Waals surface area (Å²) in [6.07, 6.45) is 0.432. The van der Waals surface area contributed by atoms with E-state index >= 15 is 0 Å². The zero-order valence-corrected chi connectivity index (χ0v) is 18.3. The highest BCUT2D eigenvalue weighted by atomic mass is 19.4. The van der Waals surface area contributed by atoms with Gasteiger partial charge in [-0.2, -0.15) is 13.2 Å². The number of halogens is 3. The average Bonchev–Trinajstić information content (AvgIpc) is 3.41. The molecule has 2 aromatic rings. The molecule has 0 heterocycles. The molecule has 2 bridgehead atoms. The van der Waals surface area contributed by atoms with Gasteiger partial charge in [0.15, 0.2) is 6.61 Å². The molecular formula is C25H27F3N2O3. The number of para-hydroxylation sites is 1. The second kappa shape index (κ2) is 9.45. The van der Waals surface area contributed by atoms with Crippen LogP contribution in [-0.2, 0) is 11.0 Å². The number of rotatable bonds is 7. The summed E-state index contributed by atoms with van der Waals surface area (Å²) < 4.78 is 44.1. The molecule has 0 aromatic heterocycles. The minimum Gasteiger partial charge on any atom is -0.483 e. The Morgan fingerprint density at radius 3 is 2.58 bits per heavy atom. The highest BCUT2D eigenvalue weighted by Crippen LogP contribution is 2.49. The molecule has 176 valence electrons. The van der Waals surface area contributed by atoms with E-state index in [1.165, 1.54) is 31.4 Å². The number of benzene rings is 2. The van der Waals surface area contributed by atoms with E-state index in [4.69, 9.17) is 4.74 Å². The van der Waals surface area contributed by atoms with Crippen molar-refractivity contribution in [1.82, 2.24) is 5.32 Å². The van der Waals surface area contributed by atoms with Gasteiger partial charge in [-0.15, -0.1) is 0 Å². The summed E-state index contributed by atoms with van der Waals surface area (Å²) in [6.45, 7) is 1.59. The quantitative estimate of drug-likeness (QED) is 0.591. The zero-order chi connectivity index (χ0) is 23.6. The van der Waals surface area contributed by atoms with E-state index < -0.39 is 24.3 Å². The first-order valence-electron chi connectivity index (χ1n) is 11.2. The number of ether oxygens (including phenoxy) is 1. The number of alkyl halides is 3. The van der Waals surface area contributed by atoms with E-state index in [1.54, 1.807) is 24.3 Å². The topological polar surface area (TPSA) is 67.4 Å². The highest BCUT2D eigenvalue weighted by Gasteiger charge is 2.42. The zero-order valence-electron chi connectivity index (χ0n) is 18.3. The minimum atomic E-state index is -4.50. The van der Waals surface area contributed by atoms with Crippen LogP contribution in [0.2, 0.25) is 0 Å². The van der Waals surface area contributed by atoms with Gasteiger partial charge >= 0.3 is 6.18 Å². The molecule has 33 heavy (non-hydrogen) atoms. The number of amides is 2. The maximum Gasteiger partial charge on any atom is 0.416 e. The first kappa shape index (κ1) is 23.1. The lowest BCUT2D eigenvalue weighted by Crippen LogP contribution is -2.40. The van der Waals surface area contributed by atoms with Gasteiger partial charge in [0.25, 0.3) is 11.8 Å². The monoisotopic (exact) mass is 460 g/mol. The fourth-order valence-electron chi connectivity index (χ4n) is 5.19. The maximum absolute atomic E-state index is 12.9. The van der Waals surface area contributed by atoms with Crippen molar-refractivity contribution in [2.75, 3.05) is 11.9 Å². The average molecular weight is 460 g/mol. The Morgan fingerprint density at radius 1 is 1.09 bits per heavy atom. The molecule has 2 aromatic carbocycles. The van der Waals surface area contributed by atoms with Gasteiger partial charge in [0, 0.05) is 11.7 Å². The Labute approximate surface area is 190 Å². The number of carbonyl (C=O) groups excluding carboxylic acids is 2. The third-order valence-electron chi connectivity index (χ3n) is 6.76.